The highest BCUT2D eigenvalue weighted by Gasteiger charge is 2.25. The minimum atomic E-state index is -0.953. The van der Waals surface area contributed by atoms with E-state index >= 15 is 0 Å². The molecule has 0 heterocycles. The number of nitrogens with two attached hydrogens (primary N) is 1. The van der Waals surface area contributed by atoms with Crippen LogP contribution in [0.15, 0.2) is 18.2 Å². The number of carbonyl (C=O) groups is 1. The van der Waals surface area contributed by atoms with Crippen LogP contribution in [0.5, 0.6) is 0 Å². The molecular weight excluding hydrogens is 216 g/mol. The summed E-state index contributed by atoms with van der Waals surface area (Å²) >= 11 is 0. The fourth-order valence-corrected chi connectivity index (χ4v) is 1.58. The van der Waals surface area contributed by atoms with Gasteiger partial charge in [0.25, 0.3) is 0 Å². The molecule has 0 amide bonds. The van der Waals surface area contributed by atoms with E-state index in [1.54, 1.807) is 12.1 Å². The van der Waals surface area contributed by atoms with Crippen LogP contribution in [0.3, 0.4) is 0 Å². The smallest absolute Gasteiger partial charge is 0.337 e. The zero-order valence-corrected chi connectivity index (χ0v) is 10.8. The third kappa shape index (κ3) is 2.70. The topological polar surface area (TPSA) is 66.6 Å². The van der Waals surface area contributed by atoms with Gasteiger partial charge in [0, 0.05) is 18.3 Å². The van der Waals surface area contributed by atoms with Crippen LogP contribution in [-0.4, -0.2) is 23.7 Å². The molecule has 0 fully saturated rings. The van der Waals surface area contributed by atoms with E-state index in [1.807, 2.05) is 11.9 Å². The molecular formula is C13H20N2O2. The Labute approximate surface area is 102 Å². The Bertz CT molecular complexity index is 427. The average molecular weight is 236 g/mol. The van der Waals surface area contributed by atoms with Gasteiger partial charge >= 0.3 is 5.97 Å². The lowest BCUT2D eigenvalue weighted by Gasteiger charge is -2.37. The quantitative estimate of drug-likeness (QED) is 0.788. The lowest BCUT2D eigenvalue weighted by molar-refractivity contribution is 0.0697. The number of rotatable bonds is 4. The molecule has 0 aliphatic rings. The van der Waals surface area contributed by atoms with Crippen LogP contribution in [0.1, 0.15) is 37.6 Å². The van der Waals surface area contributed by atoms with Gasteiger partial charge in [-0.1, -0.05) is 6.92 Å². The molecule has 0 atom stereocenters. The maximum atomic E-state index is 11.2. The van der Waals surface area contributed by atoms with E-state index < -0.39 is 5.97 Å². The Balaban J connectivity index is 3.26. The number of anilines is 2. The Hall–Kier alpha value is -1.71. The lowest BCUT2D eigenvalue weighted by Crippen LogP contribution is -2.41. The largest absolute Gasteiger partial charge is 0.478 e. The molecule has 0 aliphatic carbocycles. The minimum absolute atomic E-state index is 0.0969. The van der Waals surface area contributed by atoms with Crippen molar-refractivity contribution in [2.24, 2.45) is 0 Å². The highest BCUT2D eigenvalue weighted by Crippen LogP contribution is 2.29. The summed E-state index contributed by atoms with van der Waals surface area (Å²) in [5, 5.41) is 9.20. The van der Waals surface area contributed by atoms with Crippen molar-refractivity contribution in [2.45, 2.75) is 32.7 Å². The molecule has 0 unspecified atom stereocenters. The normalized spacial score (nSPS) is 11.3. The van der Waals surface area contributed by atoms with Crippen molar-refractivity contribution < 1.29 is 9.90 Å². The average Bonchev–Trinajstić information content (AvgIpc) is 2.28. The zero-order valence-electron chi connectivity index (χ0n) is 10.8. The predicted molar refractivity (Wildman–Crippen MR) is 70.6 cm³/mol. The van der Waals surface area contributed by atoms with Gasteiger partial charge < -0.3 is 15.7 Å². The van der Waals surface area contributed by atoms with E-state index in [1.165, 1.54) is 6.07 Å². The first-order valence-corrected chi connectivity index (χ1v) is 5.66. The molecule has 17 heavy (non-hydrogen) atoms. The van der Waals surface area contributed by atoms with Crippen molar-refractivity contribution in [3.05, 3.63) is 23.8 Å². The number of hydrogen-bond donors (Lipinski definition) is 2. The summed E-state index contributed by atoms with van der Waals surface area (Å²) < 4.78 is 0. The molecule has 3 N–H and O–H groups in total. The molecule has 1 aromatic rings. The highest BCUT2D eigenvalue weighted by atomic mass is 16.4. The molecule has 0 saturated carbocycles. The van der Waals surface area contributed by atoms with Crippen molar-refractivity contribution in [1.29, 1.82) is 0 Å². The van der Waals surface area contributed by atoms with Gasteiger partial charge in [-0.05, 0) is 38.5 Å². The highest BCUT2D eigenvalue weighted by molar-refractivity contribution is 5.95. The summed E-state index contributed by atoms with van der Waals surface area (Å²) in [6.45, 7) is 6.23. The first kappa shape index (κ1) is 13.4. The molecule has 0 aromatic heterocycles. The van der Waals surface area contributed by atoms with E-state index in [4.69, 9.17) is 5.73 Å². The molecule has 0 aliphatic heterocycles. The maximum absolute atomic E-state index is 11.2. The number of hydrogen-bond acceptors (Lipinski definition) is 3. The summed E-state index contributed by atoms with van der Waals surface area (Å²) in [6, 6.07) is 4.99. The van der Waals surface area contributed by atoms with Gasteiger partial charge in [0.05, 0.1) is 11.3 Å². The minimum Gasteiger partial charge on any atom is -0.478 e. The molecule has 0 bridgehead atoms. The van der Waals surface area contributed by atoms with E-state index in [0.717, 1.165) is 6.42 Å². The summed E-state index contributed by atoms with van der Waals surface area (Å²) in [7, 11) is 1.90. The SMILES string of the molecule is CCC(C)(C)N(C)c1ccc(N)cc1C(=O)O. The molecule has 0 spiro atoms. The first-order chi connectivity index (χ1) is 7.79. The van der Waals surface area contributed by atoms with Gasteiger partial charge in [-0.15, -0.1) is 0 Å². The number of benzene rings is 1. The van der Waals surface area contributed by atoms with E-state index in [0.29, 0.717) is 11.4 Å². The molecule has 4 nitrogen and oxygen atoms in total. The second kappa shape index (κ2) is 4.65. The van der Waals surface area contributed by atoms with Crippen molar-refractivity contribution in [1.82, 2.24) is 0 Å². The van der Waals surface area contributed by atoms with E-state index in [-0.39, 0.29) is 11.1 Å². The Morgan fingerprint density at radius 1 is 1.47 bits per heavy atom. The molecule has 1 rings (SSSR count). The number of aromatic carboxylic acids is 1. The monoisotopic (exact) mass is 236 g/mol. The van der Waals surface area contributed by atoms with Gasteiger partial charge in [-0.25, -0.2) is 4.79 Å². The van der Waals surface area contributed by atoms with Gasteiger partial charge in [-0.3, -0.25) is 0 Å². The Morgan fingerprint density at radius 3 is 2.53 bits per heavy atom. The fraction of sp³-hybridized carbons (Fsp3) is 0.462. The van der Waals surface area contributed by atoms with Crippen molar-refractivity contribution in [3.63, 3.8) is 0 Å². The third-order valence-electron chi connectivity index (χ3n) is 3.39. The summed E-state index contributed by atoms with van der Waals surface area (Å²) in [5.41, 5.74) is 6.93. The van der Waals surface area contributed by atoms with Crippen LogP contribution in [0.2, 0.25) is 0 Å². The third-order valence-corrected chi connectivity index (χ3v) is 3.39. The number of nitrogens with zero attached hydrogens (tertiary/aromatic N) is 1. The molecule has 0 saturated heterocycles. The van der Waals surface area contributed by atoms with Crippen LogP contribution in [-0.2, 0) is 0 Å². The van der Waals surface area contributed by atoms with Crippen LogP contribution in [0.4, 0.5) is 11.4 Å². The maximum Gasteiger partial charge on any atom is 0.337 e. The van der Waals surface area contributed by atoms with Crippen LogP contribution < -0.4 is 10.6 Å². The predicted octanol–water partition coefficient (Wildman–Crippen LogP) is 2.59. The van der Waals surface area contributed by atoms with Crippen molar-refractivity contribution in [3.8, 4) is 0 Å². The summed E-state index contributed by atoms with van der Waals surface area (Å²) in [4.78, 5) is 13.2. The standard InChI is InChI=1S/C13H20N2O2/c1-5-13(2,3)15(4)11-7-6-9(14)8-10(11)12(16)17/h6-8H,5,14H2,1-4H3,(H,16,17). The second-order valence-corrected chi connectivity index (χ2v) is 4.81. The van der Waals surface area contributed by atoms with Crippen molar-refractivity contribution in [2.75, 3.05) is 17.7 Å². The van der Waals surface area contributed by atoms with E-state index in [9.17, 15) is 9.90 Å². The second-order valence-electron chi connectivity index (χ2n) is 4.81. The molecule has 0 radical (unpaired) electrons. The Morgan fingerprint density at radius 2 is 2.06 bits per heavy atom. The van der Waals surface area contributed by atoms with E-state index in [2.05, 4.69) is 20.8 Å². The lowest BCUT2D eigenvalue weighted by atomic mass is 9.98. The van der Waals surface area contributed by atoms with Gasteiger partial charge in [-0.2, -0.15) is 0 Å². The summed E-state index contributed by atoms with van der Waals surface area (Å²) in [6.07, 6.45) is 0.924. The van der Waals surface area contributed by atoms with Gasteiger partial charge in [0.2, 0.25) is 0 Å². The van der Waals surface area contributed by atoms with Crippen LogP contribution in [0, 0.1) is 0 Å². The fourth-order valence-electron chi connectivity index (χ4n) is 1.58. The number of nitrogen functional groups attached to an aromatic ring is 1. The zero-order chi connectivity index (χ0) is 13.2. The molecule has 94 valence electrons. The number of carboxylic acids is 1. The van der Waals surface area contributed by atoms with Crippen LogP contribution in [0.25, 0.3) is 0 Å². The van der Waals surface area contributed by atoms with Gasteiger partial charge in [0.15, 0.2) is 0 Å². The summed E-state index contributed by atoms with van der Waals surface area (Å²) in [5.74, 6) is -0.953. The molecule has 1 aromatic carbocycles. The van der Waals surface area contributed by atoms with Crippen molar-refractivity contribution >= 4 is 17.3 Å². The number of carboxylic acid groups (broad SMARTS) is 1. The van der Waals surface area contributed by atoms with Crippen LogP contribution >= 0.6 is 0 Å². The first-order valence-electron chi connectivity index (χ1n) is 5.66. The Kier molecular flexibility index (Phi) is 3.66. The van der Waals surface area contributed by atoms with Gasteiger partial charge in [0.1, 0.15) is 0 Å². The molecule has 4 heteroatoms.